The molecule has 17 heavy (non-hydrogen) atoms. The number of aliphatic hydroxyl groups is 1. The van der Waals surface area contributed by atoms with Crippen LogP contribution in [-0.2, 0) is 0 Å². The number of ether oxygens (including phenoxy) is 1. The second-order valence-corrected chi connectivity index (χ2v) is 4.20. The van der Waals surface area contributed by atoms with Gasteiger partial charge in [0.05, 0.1) is 6.61 Å². The molecule has 2 rings (SSSR count). The largest absolute Gasteiger partial charge is 0.493 e. The Hall–Kier alpha value is -1.55. The van der Waals surface area contributed by atoms with Crippen molar-refractivity contribution in [3.8, 4) is 5.75 Å². The minimum Gasteiger partial charge on any atom is -0.493 e. The highest BCUT2D eigenvalue weighted by Gasteiger charge is 2.23. The fraction of sp³-hybridized carbons (Fsp3) is 0.462. The molecule has 1 saturated carbocycles. The van der Waals surface area contributed by atoms with Gasteiger partial charge >= 0.3 is 0 Å². The van der Waals surface area contributed by atoms with Crippen LogP contribution in [0.3, 0.4) is 0 Å². The highest BCUT2D eigenvalue weighted by Crippen LogP contribution is 2.20. The molecule has 1 aromatic rings. The smallest absolute Gasteiger partial charge is 0.251 e. The predicted octanol–water partition coefficient (Wildman–Crippen LogP) is 1.34. The topological polar surface area (TPSA) is 58.6 Å². The number of carbonyl (C=O) groups is 1. The van der Waals surface area contributed by atoms with Crippen molar-refractivity contribution in [1.29, 1.82) is 0 Å². The van der Waals surface area contributed by atoms with E-state index in [-0.39, 0.29) is 12.5 Å². The molecule has 0 radical (unpaired) electrons. The van der Waals surface area contributed by atoms with Crippen molar-refractivity contribution in [3.05, 3.63) is 29.8 Å². The second kappa shape index (κ2) is 5.68. The third-order valence-corrected chi connectivity index (χ3v) is 2.58. The van der Waals surface area contributed by atoms with Gasteiger partial charge in [-0.25, -0.2) is 0 Å². The SMILES string of the molecule is O=C(NC1CC1)c1cccc(OCCCO)c1. The van der Waals surface area contributed by atoms with Crippen molar-refractivity contribution in [1.82, 2.24) is 5.32 Å². The second-order valence-electron chi connectivity index (χ2n) is 4.20. The molecule has 1 amide bonds. The summed E-state index contributed by atoms with van der Waals surface area (Å²) in [6.45, 7) is 0.575. The van der Waals surface area contributed by atoms with Crippen LogP contribution in [0.1, 0.15) is 29.6 Å². The maximum Gasteiger partial charge on any atom is 0.251 e. The van der Waals surface area contributed by atoms with E-state index in [2.05, 4.69) is 5.32 Å². The maximum atomic E-state index is 11.8. The Kier molecular flexibility index (Phi) is 3.98. The van der Waals surface area contributed by atoms with Crippen LogP contribution in [0.2, 0.25) is 0 Å². The molecule has 1 aromatic carbocycles. The molecule has 4 nitrogen and oxygen atoms in total. The van der Waals surface area contributed by atoms with Gasteiger partial charge in [-0.3, -0.25) is 4.79 Å². The summed E-state index contributed by atoms with van der Waals surface area (Å²) in [6.07, 6.45) is 2.76. The summed E-state index contributed by atoms with van der Waals surface area (Å²) in [6, 6.07) is 7.48. The standard InChI is InChI=1S/C13H17NO3/c15-7-2-8-17-12-4-1-3-10(9-12)13(16)14-11-5-6-11/h1,3-4,9,11,15H,2,5-8H2,(H,14,16). The van der Waals surface area contributed by atoms with E-state index in [4.69, 9.17) is 9.84 Å². The zero-order valence-corrected chi connectivity index (χ0v) is 9.69. The first kappa shape index (κ1) is 11.9. The summed E-state index contributed by atoms with van der Waals surface area (Å²) in [7, 11) is 0. The third-order valence-electron chi connectivity index (χ3n) is 2.58. The lowest BCUT2D eigenvalue weighted by Gasteiger charge is -2.07. The van der Waals surface area contributed by atoms with Gasteiger partial charge in [0.1, 0.15) is 5.75 Å². The molecule has 0 spiro atoms. The average Bonchev–Trinajstić information content (AvgIpc) is 3.14. The number of hydrogen-bond acceptors (Lipinski definition) is 3. The summed E-state index contributed by atoms with van der Waals surface area (Å²) in [5.74, 6) is 0.627. The monoisotopic (exact) mass is 235 g/mol. The highest BCUT2D eigenvalue weighted by atomic mass is 16.5. The van der Waals surface area contributed by atoms with Crippen LogP contribution in [0.15, 0.2) is 24.3 Å². The lowest BCUT2D eigenvalue weighted by molar-refractivity contribution is 0.0950. The number of rotatable bonds is 6. The first-order valence-electron chi connectivity index (χ1n) is 5.94. The Morgan fingerprint density at radius 3 is 3.00 bits per heavy atom. The molecule has 2 N–H and O–H groups in total. The molecule has 1 aliphatic carbocycles. The molecular weight excluding hydrogens is 218 g/mol. The summed E-state index contributed by atoms with van der Waals surface area (Å²) in [4.78, 5) is 11.8. The van der Waals surface area contributed by atoms with Gasteiger partial charge in [-0.1, -0.05) is 6.07 Å². The molecule has 0 aliphatic heterocycles. The van der Waals surface area contributed by atoms with Crippen LogP contribution in [0, 0.1) is 0 Å². The van der Waals surface area contributed by atoms with E-state index in [0.717, 1.165) is 12.8 Å². The van der Waals surface area contributed by atoms with E-state index in [0.29, 0.717) is 30.4 Å². The number of carbonyl (C=O) groups excluding carboxylic acids is 1. The van der Waals surface area contributed by atoms with Crippen LogP contribution in [0.5, 0.6) is 5.75 Å². The minimum atomic E-state index is -0.0416. The van der Waals surface area contributed by atoms with Gasteiger partial charge in [-0.15, -0.1) is 0 Å². The van der Waals surface area contributed by atoms with Gasteiger partial charge < -0.3 is 15.2 Å². The lowest BCUT2D eigenvalue weighted by atomic mass is 10.2. The molecule has 0 aromatic heterocycles. The van der Waals surface area contributed by atoms with E-state index in [9.17, 15) is 4.79 Å². The van der Waals surface area contributed by atoms with E-state index >= 15 is 0 Å². The number of hydrogen-bond donors (Lipinski definition) is 2. The summed E-state index contributed by atoms with van der Waals surface area (Å²) < 4.78 is 5.42. The summed E-state index contributed by atoms with van der Waals surface area (Å²) in [5.41, 5.74) is 0.624. The molecule has 0 heterocycles. The van der Waals surface area contributed by atoms with Crippen LogP contribution < -0.4 is 10.1 Å². The number of benzene rings is 1. The van der Waals surface area contributed by atoms with Gasteiger partial charge in [0.25, 0.3) is 5.91 Å². The molecule has 1 aliphatic rings. The van der Waals surface area contributed by atoms with Crippen molar-refractivity contribution in [2.75, 3.05) is 13.2 Å². The molecule has 0 atom stereocenters. The van der Waals surface area contributed by atoms with Crippen LogP contribution in [-0.4, -0.2) is 30.3 Å². The number of nitrogens with one attached hydrogen (secondary N) is 1. The highest BCUT2D eigenvalue weighted by molar-refractivity contribution is 5.94. The molecular formula is C13H17NO3. The Morgan fingerprint density at radius 1 is 1.47 bits per heavy atom. The van der Waals surface area contributed by atoms with Crippen molar-refractivity contribution < 1.29 is 14.6 Å². The maximum absolute atomic E-state index is 11.8. The predicted molar refractivity (Wildman–Crippen MR) is 64.1 cm³/mol. The summed E-state index contributed by atoms with van der Waals surface area (Å²) in [5, 5.41) is 11.6. The molecule has 0 bridgehead atoms. The molecule has 0 unspecified atom stereocenters. The van der Waals surface area contributed by atoms with Crippen LogP contribution in [0.4, 0.5) is 0 Å². The van der Waals surface area contributed by atoms with E-state index in [1.807, 2.05) is 6.07 Å². The normalized spacial score (nSPS) is 14.4. The van der Waals surface area contributed by atoms with Crippen LogP contribution >= 0.6 is 0 Å². The van der Waals surface area contributed by atoms with Gasteiger partial charge in [-0.2, -0.15) is 0 Å². The zero-order chi connectivity index (χ0) is 12.1. The van der Waals surface area contributed by atoms with E-state index < -0.39 is 0 Å². The van der Waals surface area contributed by atoms with Crippen LogP contribution in [0.25, 0.3) is 0 Å². The first-order chi connectivity index (χ1) is 8.29. The van der Waals surface area contributed by atoms with Gasteiger partial charge in [-0.05, 0) is 31.0 Å². The van der Waals surface area contributed by atoms with Crippen molar-refractivity contribution in [3.63, 3.8) is 0 Å². The zero-order valence-electron chi connectivity index (χ0n) is 9.69. The van der Waals surface area contributed by atoms with Crippen molar-refractivity contribution in [2.45, 2.75) is 25.3 Å². The van der Waals surface area contributed by atoms with Gasteiger partial charge in [0.15, 0.2) is 0 Å². The first-order valence-corrected chi connectivity index (χ1v) is 5.94. The number of amides is 1. The van der Waals surface area contributed by atoms with Gasteiger partial charge in [0, 0.05) is 24.6 Å². The molecule has 0 saturated heterocycles. The average molecular weight is 235 g/mol. The third kappa shape index (κ3) is 3.75. The fourth-order valence-corrected chi connectivity index (χ4v) is 1.48. The van der Waals surface area contributed by atoms with E-state index in [1.165, 1.54) is 0 Å². The lowest BCUT2D eigenvalue weighted by Crippen LogP contribution is -2.25. The van der Waals surface area contributed by atoms with Gasteiger partial charge in [0.2, 0.25) is 0 Å². The molecule has 4 heteroatoms. The molecule has 92 valence electrons. The van der Waals surface area contributed by atoms with Crippen molar-refractivity contribution >= 4 is 5.91 Å². The Balaban J connectivity index is 1.92. The van der Waals surface area contributed by atoms with E-state index in [1.54, 1.807) is 18.2 Å². The molecule has 1 fully saturated rings. The Labute approximate surface area is 101 Å². The Bertz CT molecular complexity index is 388. The minimum absolute atomic E-state index is 0.0416. The summed E-state index contributed by atoms with van der Waals surface area (Å²) >= 11 is 0. The number of aliphatic hydroxyl groups excluding tert-OH is 1. The van der Waals surface area contributed by atoms with Crippen molar-refractivity contribution in [2.24, 2.45) is 0 Å². The quantitative estimate of drug-likeness (QED) is 0.731. The fourth-order valence-electron chi connectivity index (χ4n) is 1.48. The Morgan fingerprint density at radius 2 is 2.29 bits per heavy atom.